The van der Waals surface area contributed by atoms with E-state index in [1.54, 1.807) is 11.1 Å². The predicted octanol–water partition coefficient (Wildman–Crippen LogP) is 2.33. The van der Waals surface area contributed by atoms with Gasteiger partial charge in [-0.3, -0.25) is 14.5 Å². The molecule has 0 saturated carbocycles. The third kappa shape index (κ3) is 4.66. The molecule has 148 valence electrons. The van der Waals surface area contributed by atoms with Crippen LogP contribution in [0.5, 0.6) is 0 Å². The number of aromatic nitrogens is 4. The Balaban J connectivity index is 0.00000225. The largest absolute Gasteiger partial charge is 0.340 e. The number of para-hydroxylation sites is 2. The second-order valence-corrected chi connectivity index (χ2v) is 6.98. The van der Waals surface area contributed by atoms with E-state index in [1.165, 1.54) is 5.69 Å². The summed E-state index contributed by atoms with van der Waals surface area (Å²) in [5, 5.41) is 8.03. The Hall–Kier alpha value is -2.51. The third-order valence-electron chi connectivity index (χ3n) is 4.86. The van der Waals surface area contributed by atoms with E-state index in [-0.39, 0.29) is 18.3 Å². The van der Waals surface area contributed by atoms with E-state index in [9.17, 15) is 4.79 Å². The number of carbonyl (C=O) groups excluding carboxylic acids is 1. The molecule has 1 aromatic carbocycles. The Kier molecular flexibility index (Phi) is 6.59. The van der Waals surface area contributed by atoms with Crippen molar-refractivity contribution in [1.29, 1.82) is 0 Å². The molecular formula is C20H25ClN6O. The number of halogens is 1. The molecule has 2 aromatic heterocycles. The van der Waals surface area contributed by atoms with E-state index in [4.69, 9.17) is 0 Å². The molecule has 0 atom stereocenters. The molecule has 8 heteroatoms. The van der Waals surface area contributed by atoms with Crippen molar-refractivity contribution in [2.45, 2.75) is 38.9 Å². The maximum absolute atomic E-state index is 12.5. The predicted molar refractivity (Wildman–Crippen MR) is 110 cm³/mol. The molecule has 0 bridgehead atoms. The first-order valence-electron chi connectivity index (χ1n) is 9.40. The van der Waals surface area contributed by atoms with Crippen molar-refractivity contribution in [3.05, 3.63) is 53.6 Å². The van der Waals surface area contributed by atoms with Crippen LogP contribution in [0.3, 0.4) is 0 Å². The molecule has 3 heterocycles. The fourth-order valence-electron chi connectivity index (χ4n) is 3.37. The van der Waals surface area contributed by atoms with Gasteiger partial charge in [0.15, 0.2) is 0 Å². The Labute approximate surface area is 170 Å². The fourth-order valence-corrected chi connectivity index (χ4v) is 3.37. The number of hydrogen-bond donors (Lipinski definition) is 1. The molecule has 0 spiro atoms. The van der Waals surface area contributed by atoms with Crippen LogP contribution in [-0.4, -0.2) is 44.1 Å². The van der Waals surface area contributed by atoms with E-state index < -0.39 is 0 Å². The number of rotatable bonds is 5. The van der Waals surface area contributed by atoms with Crippen LogP contribution in [0.15, 0.2) is 36.5 Å². The number of aryl methyl sites for hydroxylation is 2. The molecule has 0 fully saturated rings. The molecule has 0 radical (unpaired) electrons. The minimum absolute atomic E-state index is 0. The number of nitrogens with zero attached hydrogens (tertiary/aromatic N) is 5. The van der Waals surface area contributed by atoms with E-state index in [1.807, 2.05) is 31.3 Å². The van der Waals surface area contributed by atoms with Gasteiger partial charge in [0.2, 0.25) is 5.91 Å². The average Bonchev–Trinajstić information content (AvgIpc) is 2.95. The zero-order valence-corrected chi connectivity index (χ0v) is 16.8. The van der Waals surface area contributed by atoms with Crippen LogP contribution in [0.25, 0.3) is 11.0 Å². The standard InChI is InChI=1S/C20H24N6O.ClH/c1-25(14-16-12-22-18-5-2-3-6-19(18)23-16)20(27)8-7-15-11-17-13-21-9-4-10-26(17)24-15;/h2-3,5-6,11-12,21H,4,7-10,13-14H2,1H3;1H. The van der Waals surface area contributed by atoms with Gasteiger partial charge >= 0.3 is 0 Å². The number of hydrogen-bond acceptors (Lipinski definition) is 5. The lowest BCUT2D eigenvalue weighted by molar-refractivity contribution is -0.130. The zero-order chi connectivity index (χ0) is 18.6. The Bertz CT molecular complexity index is 933. The summed E-state index contributed by atoms with van der Waals surface area (Å²) in [6.45, 7) is 3.28. The van der Waals surface area contributed by atoms with Crippen molar-refractivity contribution in [3.8, 4) is 0 Å². The lowest BCUT2D eigenvalue weighted by atomic mass is 10.2. The van der Waals surface area contributed by atoms with E-state index in [0.29, 0.717) is 19.4 Å². The summed E-state index contributed by atoms with van der Waals surface area (Å²) < 4.78 is 2.06. The van der Waals surface area contributed by atoms with Crippen molar-refractivity contribution >= 4 is 29.3 Å². The summed E-state index contributed by atoms with van der Waals surface area (Å²) in [4.78, 5) is 23.2. The summed E-state index contributed by atoms with van der Waals surface area (Å²) in [5.41, 5.74) is 4.70. The summed E-state index contributed by atoms with van der Waals surface area (Å²) in [5.74, 6) is 0.0891. The van der Waals surface area contributed by atoms with Crippen LogP contribution in [0.1, 0.15) is 29.9 Å². The number of benzene rings is 1. The van der Waals surface area contributed by atoms with Gasteiger partial charge in [-0.05, 0) is 31.2 Å². The van der Waals surface area contributed by atoms with Gasteiger partial charge in [0.1, 0.15) is 0 Å². The average molecular weight is 401 g/mol. The second-order valence-electron chi connectivity index (χ2n) is 6.98. The summed E-state index contributed by atoms with van der Waals surface area (Å²) in [7, 11) is 1.81. The fraction of sp³-hybridized carbons (Fsp3) is 0.400. The Morgan fingerprint density at radius 1 is 1.25 bits per heavy atom. The smallest absolute Gasteiger partial charge is 0.223 e. The van der Waals surface area contributed by atoms with Crippen molar-refractivity contribution in [1.82, 2.24) is 30.0 Å². The maximum Gasteiger partial charge on any atom is 0.223 e. The third-order valence-corrected chi connectivity index (χ3v) is 4.86. The van der Waals surface area contributed by atoms with Crippen LogP contribution in [0.4, 0.5) is 0 Å². The van der Waals surface area contributed by atoms with Gasteiger partial charge in [0.05, 0.1) is 40.9 Å². The second kappa shape index (κ2) is 9.12. The lowest BCUT2D eigenvalue weighted by Gasteiger charge is -2.16. The monoisotopic (exact) mass is 400 g/mol. The molecule has 0 saturated heterocycles. The SMILES string of the molecule is CN(Cc1cnc2ccccc2n1)C(=O)CCc1cc2n(n1)CCCNC2.Cl. The normalized spacial score (nSPS) is 13.5. The quantitative estimate of drug-likeness (QED) is 0.711. The highest BCUT2D eigenvalue weighted by Gasteiger charge is 2.14. The molecule has 1 aliphatic rings. The summed E-state index contributed by atoms with van der Waals surface area (Å²) in [6, 6.07) is 9.87. The van der Waals surface area contributed by atoms with E-state index in [2.05, 4.69) is 31.1 Å². The first-order valence-corrected chi connectivity index (χ1v) is 9.40. The van der Waals surface area contributed by atoms with Crippen LogP contribution in [-0.2, 0) is 30.8 Å². The van der Waals surface area contributed by atoms with Crippen molar-refractivity contribution in [2.75, 3.05) is 13.6 Å². The van der Waals surface area contributed by atoms with Gasteiger partial charge in [0.25, 0.3) is 0 Å². The van der Waals surface area contributed by atoms with Crippen LogP contribution < -0.4 is 5.32 Å². The van der Waals surface area contributed by atoms with Crippen LogP contribution in [0, 0.1) is 0 Å². The van der Waals surface area contributed by atoms with Crippen molar-refractivity contribution in [3.63, 3.8) is 0 Å². The molecule has 0 unspecified atom stereocenters. The molecule has 7 nitrogen and oxygen atoms in total. The number of fused-ring (bicyclic) bond motifs is 2. The number of carbonyl (C=O) groups is 1. The minimum atomic E-state index is 0. The maximum atomic E-state index is 12.5. The summed E-state index contributed by atoms with van der Waals surface area (Å²) in [6.07, 6.45) is 3.93. The van der Waals surface area contributed by atoms with Crippen molar-refractivity contribution in [2.24, 2.45) is 0 Å². The van der Waals surface area contributed by atoms with E-state index in [0.717, 1.165) is 48.5 Å². The van der Waals surface area contributed by atoms with Gasteiger partial charge in [-0.15, -0.1) is 12.4 Å². The topological polar surface area (TPSA) is 75.9 Å². The molecule has 1 aliphatic heterocycles. The highest BCUT2D eigenvalue weighted by atomic mass is 35.5. The van der Waals surface area contributed by atoms with Crippen molar-refractivity contribution < 1.29 is 4.79 Å². The van der Waals surface area contributed by atoms with Gasteiger partial charge in [-0.25, -0.2) is 4.98 Å². The first-order chi connectivity index (χ1) is 13.2. The van der Waals surface area contributed by atoms with Gasteiger partial charge in [-0.2, -0.15) is 5.10 Å². The molecule has 4 rings (SSSR count). The van der Waals surface area contributed by atoms with Gasteiger partial charge < -0.3 is 10.2 Å². The first kappa shape index (κ1) is 20.2. The zero-order valence-electron chi connectivity index (χ0n) is 16.0. The Morgan fingerprint density at radius 2 is 2.07 bits per heavy atom. The minimum Gasteiger partial charge on any atom is -0.340 e. The molecular weight excluding hydrogens is 376 g/mol. The van der Waals surface area contributed by atoms with E-state index >= 15 is 0 Å². The van der Waals surface area contributed by atoms with Crippen LogP contribution in [0.2, 0.25) is 0 Å². The van der Waals surface area contributed by atoms with Crippen LogP contribution >= 0.6 is 12.4 Å². The number of amides is 1. The lowest BCUT2D eigenvalue weighted by Crippen LogP contribution is -2.27. The molecule has 28 heavy (non-hydrogen) atoms. The van der Waals surface area contributed by atoms with Gasteiger partial charge in [-0.1, -0.05) is 12.1 Å². The molecule has 0 aliphatic carbocycles. The molecule has 1 amide bonds. The Morgan fingerprint density at radius 3 is 2.93 bits per heavy atom. The number of nitrogens with one attached hydrogen (secondary N) is 1. The van der Waals surface area contributed by atoms with Gasteiger partial charge in [0, 0.05) is 33.0 Å². The highest BCUT2D eigenvalue weighted by Crippen LogP contribution is 2.12. The highest BCUT2D eigenvalue weighted by molar-refractivity contribution is 5.85. The summed E-state index contributed by atoms with van der Waals surface area (Å²) >= 11 is 0. The molecule has 1 N–H and O–H groups in total. The molecule has 3 aromatic rings.